The summed E-state index contributed by atoms with van der Waals surface area (Å²) in [5.41, 5.74) is 0. The monoisotopic (exact) mass is 283 g/mol. The molecule has 2 aliphatic heterocycles. The molecule has 4 nitrogen and oxygen atoms in total. The van der Waals surface area contributed by atoms with Gasteiger partial charge >= 0.3 is 0 Å². The molecular formula is C16H33N3O. The topological polar surface area (TPSA) is 27.7 Å². The zero-order chi connectivity index (χ0) is 14.5. The van der Waals surface area contributed by atoms with Crippen molar-refractivity contribution in [2.24, 2.45) is 5.92 Å². The van der Waals surface area contributed by atoms with Gasteiger partial charge in [0.1, 0.15) is 0 Å². The minimum Gasteiger partial charge on any atom is -0.374 e. The van der Waals surface area contributed by atoms with Crippen molar-refractivity contribution in [1.82, 2.24) is 15.1 Å². The average molecular weight is 283 g/mol. The molecule has 2 heterocycles. The number of nitrogens with one attached hydrogen (secondary N) is 1. The normalized spacial score (nSPS) is 31.6. The fourth-order valence-corrected chi connectivity index (χ4v) is 3.51. The zero-order valence-electron chi connectivity index (χ0n) is 13.8. The van der Waals surface area contributed by atoms with Gasteiger partial charge in [0, 0.05) is 38.3 Å². The van der Waals surface area contributed by atoms with Crippen LogP contribution in [0.25, 0.3) is 0 Å². The van der Waals surface area contributed by atoms with Crippen molar-refractivity contribution in [2.75, 3.05) is 46.4 Å². The molecule has 4 heteroatoms. The average Bonchev–Trinajstić information content (AvgIpc) is 2.47. The summed E-state index contributed by atoms with van der Waals surface area (Å²) in [5.74, 6) is 0.790. The molecule has 2 saturated heterocycles. The molecule has 3 unspecified atom stereocenters. The summed E-state index contributed by atoms with van der Waals surface area (Å²) in [6, 6.07) is 1.26. The molecule has 1 N–H and O–H groups in total. The van der Waals surface area contributed by atoms with Crippen molar-refractivity contribution in [2.45, 2.75) is 51.8 Å². The molecule has 3 atom stereocenters. The van der Waals surface area contributed by atoms with Crippen LogP contribution in [-0.2, 0) is 4.74 Å². The maximum atomic E-state index is 5.98. The van der Waals surface area contributed by atoms with Gasteiger partial charge in [0.2, 0.25) is 0 Å². The van der Waals surface area contributed by atoms with Gasteiger partial charge in [0.25, 0.3) is 0 Å². The van der Waals surface area contributed by atoms with E-state index in [0.29, 0.717) is 18.2 Å². The predicted molar refractivity (Wildman–Crippen MR) is 84.1 cm³/mol. The van der Waals surface area contributed by atoms with Gasteiger partial charge in [-0.2, -0.15) is 0 Å². The van der Waals surface area contributed by atoms with Crippen LogP contribution < -0.4 is 5.32 Å². The molecule has 0 amide bonds. The van der Waals surface area contributed by atoms with Crippen LogP contribution in [0.15, 0.2) is 0 Å². The zero-order valence-corrected chi connectivity index (χ0v) is 13.8. The Morgan fingerprint density at radius 3 is 2.70 bits per heavy atom. The summed E-state index contributed by atoms with van der Waals surface area (Å²) in [6.45, 7) is 13.5. The highest BCUT2D eigenvalue weighted by atomic mass is 16.5. The highest BCUT2D eigenvalue weighted by Crippen LogP contribution is 2.21. The molecule has 0 saturated carbocycles. The SMILES string of the molecule is CNC(C)C1CCCN(CC2CN(C(C)C)CCO2)C1. The van der Waals surface area contributed by atoms with Crippen molar-refractivity contribution in [3.63, 3.8) is 0 Å². The van der Waals surface area contributed by atoms with Crippen molar-refractivity contribution in [3.05, 3.63) is 0 Å². The van der Waals surface area contributed by atoms with Gasteiger partial charge in [-0.05, 0) is 53.1 Å². The van der Waals surface area contributed by atoms with E-state index < -0.39 is 0 Å². The molecule has 0 aromatic rings. The molecule has 2 aliphatic rings. The lowest BCUT2D eigenvalue weighted by molar-refractivity contribution is -0.0566. The van der Waals surface area contributed by atoms with Gasteiger partial charge < -0.3 is 15.0 Å². The largest absolute Gasteiger partial charge is 0.374 e. The minimum atomic E-state index is 0.398. The first-order chi connectivity index (χ1) is 9.60. The van der Waals surface area contributed by atoms with Crippen LogP contribution in [0, 0.1) is 5.92 Å². The van der Waals surface area contributed by atoms with Crippen molar-refractivity contribution in [1.29, 1.82) is 0 Å². The third-order valence-electron chi connectivity index (χ3n) is 5.07. The molecule has 0 spiro atoms. The maximum Gasteiger partial charge on any atom is 0.0829 e. The van der Waals surface area contributed by atoms with Gasteiger partial charge in [0.05, 0.1) is 12.7 Å². The minimum absolute atomic E-state index is 0.398. The van der Waals surface area contributed by atoms with Gasteiger partial charge in [-0.3, -0.25) is 4.90 Å². The van der Waals surface area contributed by atoms with Crippen LogP contribution in [0.5, 0.6) is 0 Å². The number of rotatable bonds is 5. The molecule has 0 radical (unpaired) electrons. The van der Waals surface area contributed by atoms with Crippen LogP contribution in [0.4, 0.5) is 0 Å². The van der Waals surface area contributed by atoms with E-state index in [2.05, 4.69) is 42.9 Å². The highest BCUT2D eigenvalue weighted by molar-refractivity contribution is 4.83. The fourth-order valence-electron chi connectivity index (χ4n) is 3.51. The third-order valence-corrected chi connectivity index (χ3v) is 5.07. The number of hydrogen-bond donors (Lipinski definition) is 1. The second kappa shape index (κ2) is 7.74. The summed E-state index contributed by atoms with van der Waals surface area (Å²) in [4.78, 5) is 5.17. The smallest absolute Gasteiger partial charge is 0.0829 e. The van der Waals surface area contributed by atoms with E-state index in [4.69, 9.17) is 4.74 Å². The van der Waals surface area contributed by atoms with Gasteiger partial charge in [0.15, 0.2) is 0 Å². The Kier molecular flexibility index (Phi) is 6.27. The molecular weight excluding hydrogens is 250 g/mol. The number of likely N-dealkylation sites (tertiary alicyclic amines) is 1. The van der Waals surface area contributed by atoms with E-state index in [-0.39, 0.29) is 0 Å². The standard InChI is InChI=1S/C16H33N3O/c1-13(2)19-8-9-20-16(12-19)11-18-7-5-6-15(10-18)14(3)17-4/h13-17H,5-12H2,1-4H3. The van der Waals surface area contributed by atoms with Gasteiger partial charge in [-0.15, -0.1) is 0 Å². The Morgan fingerprint density at radius 1 is 1.20 bits per heavy atom. The number of morpholine rings is 1. The number of nitrogens with zero attached hydrogens (tertiary/aromatic N) is 2. The van der Waals surface area contributed by atoms with E-state index in [1.54, 1.807) is 0 Å². The Morgan fingerprint density at radius 2 is 2.00 bits per heavy atom. The van der Waals surface area contributed by atoms with E-state index in [0.717, 1.165) is 32.2 Å². The lowest BCUT2D eigenvalue weighted by atomic mass is 9.91. The molecule has 0 aliphatic carbocycles. The molecule has 2 rings (SSSR count). The fraction of sp³-hybridized carbons (Fsp3) is 1.00. The molecule has 0 aromatic carbocycles. The third kappa shape index (κ3) is 4.42. The van der Waals surface area contributed by atoms with Gasteiger partial charge in [-0.25, -0.2) is 0 Å². The lowest BCUT2D eigenvalue weighted by Gasteiger charge is -2.40. The number of piperidine rings is 1. The molecule has 2 fully saturated rings. The number of ether oxygens (including phenoxy) is 1. The highest BCUT2D eigenvalue weighted by Gasteiger charge is 2.28. The quantitative estimate of drug-likeness (QED) is 0.826. The Labute approximate surface area is 124 Å². The van der Waals surface area contributed by atoms with E-state index in [1.165, 1.54) is 25.9 Å². The molecule has 0 aromatic heterocycles. The molecule has 0 bridgehead atoms. The van der Waals surface area contributed by atoms with Crippen molar-refractivity contribution in [3.8, 4) is 0 Å². The van der Waals surface area contributed by atoms with Crippen LogP contribution in [-0.4, -0.2) is 74.4 Å². The van der Waals surface area contributed by atoms with Crippen LogP contribution >= 0.6 is 0 Å². The van der Waals surface area contributed by atoms with Crippen LogP contribution in [0.3, 0.4) is 0 Å². The van der Waals surface area contributed by atoms with Crippen molar-refractivity contribution >= 4 is 0 Å². The van der Waals surface area contributed by atoms with E-state index in [9.17, 15) is 0 Å². The van der Waals surface area contributed by atoms with Gasteiger partial charge in [-0.1, -0.05) is 0 Å². The van der Waals surface area contributed by atoms with Crippen LogP contribution in [0.1, 0.15) is 33.6 Å². The number of hydrogen-bond acceptors (Lipinski definition) is 4. The Balaban J connectivity index is 1.80. The maximum absolute atomic E-state index is 5.98. The first-order valence-electron chi connectivity index (χ1n) is 8.35. The lowest BCUT2D eigenvalue weighted by Crippen LogP contribution is -2.52. The second-order valence-corrected chi connectivity index (χ2v) is 6.82. The van der Waals surface area contributed by atoms with E-state index >= 15 is 0 Å². The Hall–Kier alpha value is -0.160. The Bertz CT molecular complexity index is 285. The first kappa shape index (κ1) is 16.2. The summed E-state index contributed by atoms with van der Waals surface area (Å²) in [5, 5.41) is 3.41. The van der Waals surface area contributed by atoms with E-state index in [1.807, 2.05) is 0 Å². The summed E-state index contributed by atoms with van der Waals surface area (Å²) >= 11 is 0. The summed E-state index contributed by atoms with van der Waals surface area (Å²) in [6.07, 6.45) is 3.09. The second-order valence-electron chi connectivity index (χ2n) is 6.82. The van der Waals surface area contributed by atoms with Crippen molar-refractivity contribution < 1.29 is 4.74 Å². The summed E-state index contributed by atoms with van der Waals surface area (Å²) in [7, 11) is 2.08. The van der Waals surface area contributed by atoms with Crippen LogP contribution in [0.2, 0.25) is 0 Å². The first-order valence-corrected chi connectivity index (χ1v) is 8.35. The predicted octanol–water partition coefficient (Wildman–Crippen LogP) is 1.42. The molecule has 118 valence electrons. The molecule has 20 heavy (non-hydrogen) atoms. The summed E-state index contributed by atoms with van der Waals surface area (Å²) < 4.78 is 5.98.